The normalized spacial score (nSPS) is 28.1. The molecule has 1 saturated heterocycles. The van der Waals surface area contributed by atoms with Crippen molar-refractivity contribution in [1.82, 2.24) is 14.1 Å². The fourth-order valence-corrected chi connectivity index (χ4v) is 3.26. The Labute approximate surface area is 131 Å². The van der Waals surface area contributed by atoms with Crippen LogP contribution in [0.5, 0.6) is 0 Å². The van der Waals surface area contributed by atoms with Gasteiger partial charge in [-0.3, -0.25) is 23.9 Å². The smallest absolute Gasteiger partial charge is 0.332 e. The fourth-order valence-electron chi connectivity index (χ4n) is 3.26. The van der Waals surface area contributed by atoms with Gasteiger partial charge < -0.3 is 20.7 Å². The van der Waals surface area contributed by atoms with E-state index in [1.165, 1.54) is 0 Å². The number of nitrogens with zero attached hydrogens (tertiary/aromatic N) is 2. The predicted octanol–water partition coefficient (Wildman–Crippen LogP) is -3.42. The first-order valence-electron chi connectivity index (χ1n) is 7.05. The minimum Gasteiger partial charge on any atom is -0.387 e. The van der Waals surface area contributed by atoms with Gasteiger partial charge in [0.15, 0.2) is 6.23 Å². The number of nitrogens with one attached hydrogen (secondary N) is 1. The molecule has 11 nitrogen and oxygen atoms in total. The van der Waals surface area contributed by atoms with E-state index in [1.807, 2.05) is 4.98 Å². The van der Waals surface area contributed by atoms with Crippen molar-refractivity contribution in [2.24, 2.45) is 5.73 Å². The number of rotatable bonds is 1. The third-order valence-electron chi connectivity index (χ3n) is 4.39. The van der Waals surface area contributed by atoms with Crippen LogP contribution in [0.15, 0.2) is 20.4 Å². The number of H-pyrrole nitrogens is 1. The summed E-state index contributed by atoms with van der Waals surface area (Å²) < 4.78 is 7.35. The van der Waals surface area contributed by atoms with Crippen LogP contribution in [0.25, 0.3) is 11.0 Å². The number of aromatic nitrogens is 3. The Balaban J connectivity index is 2.23. The summed E-state index contributed by atoms with van der Waals surface area (Å²) in [7, 11) is 0. The second kappa shape index (κ2) is 4.63. The van der Waals surface area contributed by atoms with E-state index in [0.717, 1.165) is 15.2 Å². The number of aromatic amines is 1. The van der Waals surface area contributed by atoms with Crippen LogP contribution in [0.2, 0.25) is 0 Å². The number of nitrogens with two attached hydrogens (primary N) is 1. The lowest BCUT2D eigenvalue weighted by molar-refractivity contribution is -0.0352. The molecule has 11 heteroatoms. The summed E-state index contributed by atoms with van der Waals surface area (Å²) >= 11 is 0. The zero-order valence-electron chi connectivity index (χ0n) is 12.0. The highest BCUT2D eigenvalue weighted by molar-refractivity contribution is 5.95. The molecule has 24 heavy (non-hydrogen) atoms. The third kappa shape index (κ3) is 1.71. The first-order valence-corrected chi connectivity index (χ1v) is 7.05. The van der Waals surface area contributed by atoms with Crippen molar-refractivity contribution in [1.29, 1.82) is 0 Å². The number of carbonyl (C=O) groups excluding carboxylic acids is 1. The molecule has 2 bridgehead atoms. The molecule has 4 heterocycles. The van der Waals surface area contributed by atoms with E-state index in [2.05, 4.69) is 0 Å². The van der Waals surface area contributed by atoms with Gasteiger partial charge in [-0.15, -0.1) is 0 Å². The van der Waals surface area contributed by atoms with E-state index in [9.17, 15) is 29.4 Å². The molecule has 2 aromatic rings. The molecule has 0 spiro atoms. The van der Waals surface area contributed by atoms with Crippen molar-refractivity contribution in [3.63, 3.8) is 0 Å². The van der Waals surface area contributed by atoms with E-state index in [0.29, 0.717) is 0 Å². The van der Waals surface area contributed by atoms with Crippen molar-refractivity contribution >= 4 is 16.9 Å². The van der Waals surface area contributed by atoms with Crippen molar-refractivity contribution in [2.75, 3.05) is 0 Å². The summed E-state index contributed by atoms with van der Waals surface area (Å²) in [6, 6.07) is 1.01. The highest BCUT2D eigenvalue weighted by Crippen LogP contribution is 2.33. The molecule has 0 aliphatic carbocycles. The van der Waals surface area contributed by atoms with Crippen molar-refractivity contribution in [2.45, 2.75) is 31.1 Å². The monoisotopic (exact) mass is 336 g/mol. The second-order valence-electron chi connectivity index (χ2n) is 5.75. The number of amides is 1. The van der Waals surface area contributed by atoms with Gasteiger partial charge in [0.2, 0.25) is 0 Å². The number of hydrogen-bond donors (Lipinski definition) is 4. The summed E-state index contributed by atoms with van der Waals surface area (Å²) in [4.78, 5) is 50.4. The zero-order valence-corrected chi connectivity index (χ0v) is 12.0. The van der Waals surface area contributed by atoms with Gasteiger partial charge in [0.05, 0.1) is 11.9 Å². The number of carbonyl (C=O) groups is 1. The first-order chi connectivity index (χ1) is 11.3. The molecule has 1 amide bonds. The van der Waals surface area contributed by atoms with E-state index >= 15 is 0 Å². The maximum absolute atomic E-state index is 12.5. The lowest BCUT2D eigenvalue weighted by Crippen LogP contribution is -2.44. The Morgan fingerprint density at radius 2 is 2.00 bits per heavy atom. The van der Waals surface area contributed by atoms with E-state index in [-0.39, 0.29) is 17.6 Å². The molecule has 126 valence electrons. The summed E-state index contributed by atoms with van der Waals surface area (Å²) in [5, 5.41) is 20.0. The fraction of sp³-hybridized carbons (Fsp3) is 0.385. The molecule has 4 rings (SSSR count). The predicted molar refractivity (Wildman–Crippen MR) is 77.5 cm³/mol. The molecule has 2 aromatic heterocycles. The summed E-state index contributed by atoms with van der Waals surface area (Å²) in [6.07, 6.45) is -5.03. The number of ether oxygens (including phenoxy) is 1. The van der Waals surface area contributed by atoms with Crippen LogP contribution >= 0.6 is 0 Å². The summed E-state index contributed by atoms with van der Waals surface area (Å²) in [5.74, 6) is -1.03. The highest BCUT2D eigenvalue weighted by Gasteiger charge is 2.47. The van der Waals surface area contributed by atoms with E-state index < -0.39 is 52.8 Å². The Bertz CT molecular complexity index is 1060. The molecule has 0 aromatic carbocycles. The molecule has 2 aliphatic rings. The lowest BCUT2D eigenvalue weighted by Gasteiger charge is -2.22. The summed E-state index contributed by atoms with van der Waals surface area (Å²) in [6.45, 7) is -0.256. The molecule has 4 atom stereocenters. The van der Waals surface area contributed by atoms with Gasteiger partial charge in [-0.1, -0.05) is 0 Å². The van der Waals surface area contributed by atoms with Gasteiger partial charge >= 0.3 is 5.69 Å². The average Bonchev–Trinajstić information content (AvgIpc) is 2.71. The number of primary amides is 1. The SMILES string of the molecule is NC(=O)c1cc2c(=O)[nH]c(=O)n3c2n(c1=O)C[C@H]1O[C@@H]3C(O)[C@H]1O. The highest BCUT2D eigenvalue weighted by atomic mass is 16.6. The Hall–Kier alpha value is -2.76. The van der Waals surface area contributed by atoms with Gasteiger partial charge in [0.1, 0.15) is 29.5 Å². The number of hydrogen-bond acceptors (Lipinski definition) is 7. The van der Waals surface area contributed by atoms with Gasteiger partial charge in [-0.2, -0.15) is 0 Å². The molecule has 0 saturated carbocycles. The number of pyridine rings is 1. The van der Waals surface area contributed by atoms with Gasteiger partial charge in [0.25, 0.3) is 17.0 Å². The van der Waals surface area contributed by atoms with E-state index in [1.54, 1.807) is 0 Å². The second-order valence-corrected chi connectivity index (χ2v) is 5.75. The molecule has 1 unspecified atom stereocenters. The first kappa shape index (κ1) is 14.8. The van der Waals surface area contributed by atoms with Crippen LogP contribution in [0.4, 0.5) is 0 Å². The molecule has 1 fully saturated rings. The maximum atomic E-state index is 12.5. The molecular weight excluding hydrogens is 324 g/mol. The minimum atomic E-state index is -1.42. The van der Waals surface area contributed by atoms with E-state index in [4.69, 9.17) is 10.5 Å². The Kier molecular flexibility index (Phi) is 2.85. The average molecular weight is 336 g/mol. The summed E-state index contributed by atoms with van der Waals surface area (Å²) in [5.41, 5.74) is 2.12. The standard InChI is InChI=1S/C13H12N4O7/c14-8(20)3-1-4-9(21)15-13(23)17-10(4)16(11(3)22)2-5-6(18)7(19)12(17)24-5/h1,5-7,12,18-19H,2H2,(H2,14,20)(H,15,21,23)/t5-,6+,7?,12-/m1/s1. The Morgan fingerprint density at radius 1 is 1.29 bits per heavy atom. The maximum Gasteiger partial charge on any atom is 0.332 e. The lowest BCUT2D eigenvalue weighted by atomic mass is 10.1. The topological polar surface area (TPSA) is 170 Å². The number of fused-ring (bicyclic) bond motifs is 3. The van der Waals surface area contributed by atoms with Crippen LogP contribution in [0, 0.1) is 0 Å². The van der Waals surface area contributed by atoms with Crippen LogP contribution in [-0.2, 0) is 11.3 Å². The van der Waals surface area contributed by atoms with Crippen LogP contribution < -0.4 is 22.5 Å². The van der Waals surface area contributed by atoms with Gasteiger partial charge in [0, 0.05) is 0 Å². The quantitative estimate of drug-likeness (QED) is 0.420. The van der Waals surface area contributed by atoms with Gasteiger partial charge in [-0.05, 0) is 6.07 Å². The third-order valence-corrected chi connectivity index (χ3v) is 4.39. The zero-order chi connectivity index (χ0) is 17.3. The van der Waals surface area contributed by atoms with Crippen LogP contribution in [0.3, 0.4) is 0 Å². The van der Waals surface area contributed by atoms with Crippen LogP contribution in [-0.4, -0.2) is 48.6 Å². The number of aliphatic hydroxyl groups is 2. The minimum absolute atomic E-state index is 0.0998. The largest absolute Gasteiger partial charge is 0.387 e. The van der Waals surface area contributed by atoms with Crippen molar-refractivity contribution < 1.29 is 19.7 Å². The molecule has 0 radical (unpaired) electrons. The van der Waals surface area contributed by atoms with Crippen molar-refractivity contribution in [3.8, 4) is 0 Å². The van der Waals surface area contributed by atoms with Crippen molar-refractivity contribution in [3.05, 3.63) is 42.8 Å². The molecule has 2 aliphatic heterocycles. The van der Waals surface area contributed by atoms with Gasteiger partial charge in [-0.25, -0.2) is 9.36 Å². The number of aliphatic hydroxyl groups excluding tert-OH is 2. The Morgan fingerprint density at radius 3 is 2.67 bits per heavy atom. The van der Waals surface area contributed by atoms with Crippen LogP contribution in [0.1, 0.15) is 16.6 Å². The molecule has 5 N–H and O–H groups in total. The molecular formula is C13H12N4O7.